The van der Waals surface area contributed by atoms with Gasteiger partial charge in [-0.25, -0.2) is 4.39 Å². The lowest BCUT2D eigenvalue weighted by Crippen LogP contribution is -2.49. The van der Waals surface area contributed by atoms with Crippen LogP contribution in [0.1, 0.15) is 10.4 Å². The Balaban J connectivity index is 1.32. The van der Waals surface area contributed by atoms with Gasteiger partial charge in [-0.1, -0.05) is 0 Å². The third-order valence-corrected chi connectivity index (χ3v) is 5.87. The van der Waals surface area contributed by atoms with Crippen LogP contribution in [-0.2, 0) is 0 Å². The van der Waals surface area contributed by atoms with Crippen LogP contribution in [0.3, 0.4) is 0 Å². The molecule has 10 heteroatoms. The van der Waals surface area contributed by atoms with E-state index in [2.05, 4.69) is 15.1 Å². The summed E-state index contributed by atoms with van der Waals surface area (Å²) in [5.41, 5.74) is 1.88. The highest BCUT2D eigenvalue weighted by molar-refractivity contribution is 5.95. The summed E-state index contributed by atoms with van der Waals surface area (Å²) < 4.78 is 25.5. The number of fused-ring (bicyclic) bond motifs is 1. The first kappa shape index (κ1) is 21.6. The van der Waals surface area contributed by atoms with Gasteiger partial charge in [-0.2, -0.15) is 4.52 Å². The lowest BCUT2D eigenvalue weighted by Gasteiger charge is -2.35. The van der Waals surface area contributed by atoms with Crippen LogP contribution in [0.15, 0.2) is 54.6 Å². The van der Waals surface area contributed by atoms with Gasteiger partial charge in [0, 0.05) is 37.3 Å². The lowest BCUT2D eigenvalue weighted by molar-refractivity contribution is 0.0746. The SMILES string of the molecule is COc1ccc(C(=O)N2CCN(c3ccc4nnc(-c5ccc(F)cc5)n4n3)CC2)cc1OC. The molecule has 3 heterocycles. The van der Waals surface area contributed by atoms with Gasteiger partial charge in [0.2, 0.25) is 0 Å². The number of hydrogen-bond acceptors (Lipinski definition) is 7. The van der Waals surface area contributed by atoms with Crippen LogP contribution in [0.25, 0.3) is 17.0 Å². The largest absolute Gasteiger partial charge is 0.493 e. The van der Waals surface area contributed by atoms with Gasteiger partial charge in [-0.15, -0.1) is 15.3 Å². The van der Waals surface area contributed by atoms with E-state index in [0.29, 0.717) is 54.7 Å². The number of nitrogens with zero attached hydrogens (tertiary/aromatic N) is 6. The van der Waals surface area contributed by atoms with E-state index < -0.39 is 0 Å². The Morgan fingerprint density at radius 1 is 0.882 bits per heavy atom. The van der Waals surface area contributed by atoms with Crippen molar-refractivity contribution >= 4 is 17.4 Å². The molecule has 1 fully saturated rings. The van der Waals surface area contributed by atoms with Gasteiger partial charge in [-0.3, -0.25) is 4.79 Å². The second-order valence-electron chi connectivity index (χ2n) is 7.84. The summed E-state index contributed by atoms with van der Waals surface area (Å²) in [5.74, 6) is 2.04. The molecule has 0 saturated carbocycles. The second-order valence-corrected chi connectivity index (χ2v) is 7.84. The van der Waals surface area contributed by atoms with Crippen LogP contribution in [-0.4, -0.2) is 71.0 Å². The number of carbonyl (C=O) groups is 1. The number of ether oxygens (including phenoxy) is 2. The molecule has 2 aromatic carbocycles. The van der Waals surface area contributed by atoms with Crippen molar-refractivity contribution in [3.63, 3.8) is 0 Å². The molecule has 5 rings (SSSR count). The van der Waals surface area contributed by atoms with Crippen LogP contribution in [0.2, 0.25) is 0 Å². The average molecular weight is 462 g/mol. The quantitative estimate of drug-likeness (QED) is 0.451. The van der Waals surface area contributed by atoms with Crippen LogP contribution < -0.4 is 14.4 Å². The van der Waals surface area contributed by atoms with Gasteiger partial charge in [0.05, 0.1) is 14.2 Å². The van der Waals surface area contributed by atoms with Gasteiger partial charge in [0.25, 0.3) is 5.91 Å². The molecule has 1 aliphatic rings. The molecule has 34 heavy (non-hydrogen) atoms. The van der Waals surface area contributed by atoms with Crippen molar-refractivity contribution in [3.8, 4) is 22.9 Å². The Kier molecular flexibility index (Phi) is 5.70. The van der Waals surface area contributed by atoms with Crippen LogP contribution in [0.4, 0.5) is 10.2 Å². The normalized spacial score (nSPS) is 13.9. The van der Waals surface area contributed by atoms with Gasteiger partial charge in [0.15, 0.2) is 23.0 Å². The fraction of sp³-hybridized carbons (Fsp3) is 0.250. The minimum absolute atomic E-state index is 0.0542. The summed E-state index contributed by atoms with van der Waals surface area (Å²) >= 11 is 0. The third kappa shape index (κ3) is 3.98. The molecule has 0 unspecified atom stereocenters. The maximum Gasteiger partial charge on any atom is 0.254 e. The number of methoxy groups -OCH3 is 2. The summed E-state index contributed by atoms with van der Waals surface area (Å²) in [6, 6.07) is 15.0. The highest BCUT2D eigenvalue weighted by Gasteiger charge is 2.24. The monoisotopic (exact) mass is 462 g/mol. The van der Waals surface area contributed by atoms with E-state index in [0.717, 1.165) is 11.4 Å². The van der Waals surface area contributed by atoms with Crippen molar-refractivity contribution in [1.29, 1.82) is 0 Å². The maximum absolute atomic E-state index is 13.3. The summed E-state index contributed by atoms with van der Waals surface area (Å²) in [6.07, 6.45) is 0. The zero-order chi connectivity index (χ0) is 23.7. The van der Waals surface area contributed by atoms with Crippen LogP contribution in [0.5, 0.6) is 11.5 Å². The first-order valence-corrected chi connectivity index (χ1v) is 10.8. The number of rotatable bonds is 5. The van der Waals surface area contributed by atoms with E-state index in [-0.39, 0.29) is 11.7 Å². The third-order valence-electron chi connectivity index (χ3n) is 5.87. The Morgan fingerprint density at radius 3 is 2.32 bits per heavy atom. The minimum Gasteiger partial charge on any atom is -0.493 e. The molecule has 9 nitrogen and oxygen atoms in total. The molecule has 0 atom stereocenters. The summed E-state index contributed by atoms with van der Waals surface area (Å²) in [7, 11) is 3.11. The predicted octanol–water partition coefficient (Wildman–Crippen LogP) is 2.91. The van der Waals surface area contributed by atoms with Gasteiger partial charge < -0.3 is 19.3 Å². The van der Waals surface area contributed by atoms with Crippen molar-refractivity contribution in [2.75, 3.05) is 45.3 Å². The molecule has 0 radical (unpaired) electrons. The first-order chi connectivity index (χ1) is 16.6. The number of aromatic nitrogens is 4. The summed E-state index contributed by atoms with van der Waals surface area (Å²) in [5, 5.41) is 13.1. The fourth-order valence-electron chi connectivity index (χ4n) is 4.02. The number of halogens is 1. The first-order valence-electron chi connectivity index (χ1n) is 10.8. The van der Waals surface area contributed by atoms with E-state index >= 15 is 0 Å². The van der Waals surface area contributed by atoms with Crippen LogP contribution in [0, 0.1) is 5.82 Å². The second kappa shape index (κ2) is 8.97. The molecule has 1 amide bonds. The average Bonchev–Trinajstić information content (AvgIpc) is 3.31. The molecule has 4 aromatic rings. The standard InChI is InChI=1S/C24H23FN6O3/c1-33-19-8-5-17(15-20(19)34-2)24(32)30-13-11-29(12-14-30)22-10-9-21-26-27-23(31(21)28-22)16-3-6-18(25)7-4-16/h3-10,15H,11-14H2,1-2H3. The molecular weight excluding hydrogens is 439 g/mol. The van der Waals surface area contributed by atoms with Crippen LogP contribution >= 0.6 is 0 Å². The zero-order valence-electron chi connectivity index (χ0n) is 18.8. The van der Waals surface area contributed by atoms with E-state index in [9.17, 15) is 9.18 Å². The Bertz CT molecular complexity index is 1330. The minimum atomic E-state index is -0.313. The van der Waals surface area contributed by atoms with E-state index in [1.165, 1.54) is 12.1 Å². The molecule has 0 N–H and O–H groups in total. The van der Waals surface area contributed by atoms with Gasteiger partial charge in [-0.05, 0) is 54.6 Å². The summed E-state index contributed by atoms with van der Waals surface area (Å²) in [4.78, 5) is 17.0. The number of piperazine rings is 1. The number of amides is 1. The summed E-state index contributed by atoms with van der Waals surface area (Å²) in [6.45, 7) is 2.37. The smallest absolute Gasteiger partial charge is 0.254 e. The number of anilines is 1. The van der Waals surface area contributed by atoms with Crippen molar-refractivity contribution in [1.82, 2.24) is 24.7 Å². The number of carbonyl (C=O) groups excluding carboxylic acids is 1. The molecule has 1 saturated heterocycles. The molecule has 1 aliphatic heterocycles. The molecular formula is C24H23FN6O3. The molecule has 174 valence electrons. The highest BCUT2D eigenvalue weighted by atomic mass is 19.1. The zero-order valence-corrected chi connectivity index (χ0v) is 18.8. The molecule has 0 bridgehead atoms. The lowest BCUT2D eigenvalue weighted by atomic mass is 10.1. The van der Waals surface area contributed by atoms with E-state index in [1.807, 2.05) is 17.0 Å². The Morgan fingerprint density at radius 2 is 1.62 bits per heavy atom. The van der Waals surface area contributed by atoms with Gasteiger partial charge >= 0.3 is 0 Å². The highest BCUT2D eigenvalue weighted by Crippen LogP contribution is 2.28. The van der Waals surface area contributed by atoms with Gasteiger partial charge in [0.1, 0.15) is 11.6 Å². The van der Waals surface area contributed by atoms with Crippen molar-refractivity contribution in [3.05, 3.63) is 66.0 Å². The number of benzene rings is 2. The van der Waals surface area contributed by atoms with Crippen molar-refractivity contribution < 1.29 is 18.7 Å². The van der Waals surface area contributed by atoms with Crippen molar-refractivity contribution in [2.45, 2.75) is 0 Å². The fourth-order valence-corrected chi connectivity index (χ4v) is 4.02. The maximum atomic E-state index is 13.3. The molecule has 0 spiro atoms. The van der Waals surface area contributed by atoms with E-state index in [4.69, 9.17) is 14.6 Å². The van der Waals surface area contributed by atoms with E-state index in [1.54, 1.807) is 49.1 Å². The molecule has 0 aliphatic carbocycles. The number of hydrogen-bond donors (Lipinski definition) is 0. The topological polar surface area (TPSA) is 85.1 Å². The molecule has 2 aromatic heterocycles. The Labute approximate surface area is 195 Å². The Hall–Kier alpha value is -4.21. The van der Waals surface area contributed by atoms with Crippen molar-refractivity contribution in [2.24, 2.45) is 0 Å². The predicted molar refractivity (Wildman–Crippen MR) is 124 cm³/mol.